The van der Waals surface area contributed by atoms with Gasteiger partial charge in [0.25, 0.3) is 0 Å². The third kappa shape index (κ3) is 7.69. The van der Waals surface area contributed by atoms with Gasteiger partial charge in [-0.25, -0.2) is 0 Å². The first-order valence-corrected chi connectivity index (χ1v) is 7.62. The molecular weight excluding hydrogens is 288 g/mol. The van der Waals surface area contributed by atoms with Gasteiger partial charge in [0.1, 0.15) is 0 Å². The summed E-state index contributed by atoms with van der Waals surface area (Å²) in [6, 6.07) is 0. The standard InChI is InChI=1S/C14H28N4O4/c1-21-9-3-15-11-14(20)18-7-5-17(6-8-18)12-13(19)16-4-10-22-2/h15H,3-12H2,1-2H3,(H,16,19). The molecule has 1 rings (SSSR count). The van der Waals surface area contributed by atoms with Crippen LogP contribution in [0, 0.1) is 0 Å². The Bertz CT molecular complexity index is 333. The van der Waals surface area contributed by atoms with Crippen LogP contribution in [0.4, 0.5) is 0 Å². The molecule has 8 heteroatoms. The van der Waals surface area contributed by atoms with Crippen LogP contribution in [0.2, 0.25) is 0 Å². The van der Waals surface area contributed by atoms with Gasteiger partial charge >= 0.3 is 0 Å². The molecule has 22 heavy (non-hydrogen) atoms. The van der Waals surface area contributed by atoms with E-state index in [0.29, 0.717) is 52.5 Å². The molecule has 0 aromatic heterocycles. The number of nitrogens with one attached hydrogen (secondary N) is 2. The summed E-state index contributed by atoms with van der Waals surface area (Å²) < 4.78 is 9.80. The monoisotopic (exact) mass is 316 g/mol. The van der Waals surface area contributed by atoms with E-state index in [4.69, 9.17) is 9.47 Å². The summed E-state index contributed by atoms with van der Waals surface area (Å²) in [4.78, 5) is 27.6. The molecule has 2 amide bonds. The smallest absolute Gasteiger partial charge is 0.236 e. The van der Waals surface area contributed by atoms with Crippen molar-refractivity contribution in [3.8, 4) is 0 Å². The fourth-order valence-corrected chi connectivity index (χ4v) is 2.19. The predicted octanol–water partition coefficient (Wildman–Crippen LogP) is -1.87. The average molecular weight is 316 g/mol. The van der Waals surface area contributed by atoms with Gasteiger partial charge in [0.15, 0.2) is 0 Å². The summed E-state index contributed by atoms with van der Waals surface area (Å²) >= 11 is 0. The lowest BCUT2D eigenvalue weighted by molar-refractivity contribution is -0.132. The zero-order chi connectivity index (χ0) is 16.2. The van der Waals surface area contributed by atoms with E-state index in [0.717, 1.165) is 13.1 Å². The summed E-state index contributed by atoms with van der Waals surface area (Å²) in [6.07, 6.45) is 0. The first-order valence-electron chi connectivity index (χ1n) is 7.62. The van der Waals surface area contributed by atoms with Gasteiger partial charge in [-0.1, -0.05) is 0 Å². The van der Waals surface area contributed by atoms with Gasteiger partial charge < -0.3 is 25.0 Å². The zero-order valence-electron chi connectivity index (χ0n) is 13.6. The third-order valence-electron chi connectivity index (χ3n) is 3.48. The highest BCUT2D eigenvalue weighted by atomic mass is 16.5. The molecule has 1 saturated heterocycles. The van der Waals surface area contributed by atoms with Crippen LogP contribution in [0.25, 0.3) is 0 Å². The van der Waals surface area contributed by atoms with Gasteiger partial charge in [0, 0.05) is 53.5 Å². The van der Waals surface area contributed by atoms with E-state index in [1.807, 2.05) is 4.90 Å². The van der Waals surface area contributed by atoms with Crippen molar-refractivity contribution in [2.45, 2.75) is 0 Å². The Morgan fingerprint density at radius 1 is 1.00 bits per heavy atom. The van der Waals surface area contributed by atoms with Crippen LogP contribution in [0.5, 0.6) is 0 Å². The zero-order valence-corrected chi connectivity index (χ0v) is 13.6. The largest absolute Gasteiger partial charge is 0.383 e. The van der Waals surface area contributed by atoms with E-state index >= 15 is 0 Å². The van der Waals surface area contributed by atoms with Gasteiger partial charge in [0.05, 0.1) is 26.3 Å². The Kier molecular flexibility index (Phi) is 9.72. The van der Waals surface area contributed by atoms with Gasteiger partial charge in [-0.2, -0.15) is 0 Å². The summed E-state index contributed by atoms with van der Waals surface area (Å²) in [6.45, 7) is 5.79. The number of nitrogens with zero attached hydrogens (tertiary/aromatic N) is 2. The minimum Gasteiger partial charge on any atom is -0.383 e. The maximum Gasteiger partial charge on any atom is 0.236 e. The summed E-state index contributed by atoms with van der Waals surface area (Å²) in [5.74, 6) is 0.0957. The van der Waals surface area contributed by atoms with E-state index in [1.54, 1.807) is 14.2 Å². The van der Waals surface area contributed by atoms with Crippen LogP contribution in [-0.2, 0) is 19.1 Å². The van der Waals surface area contributed by atoms with Gasteiger partial charge in [-0.3, -0.25) is 14.5 Å². The number of methoxy groups -OCH3 is 2. The molecule has 1 fully saturated rings. The van der Waals surface area contributed by atoms with Gasteiger partial charge in [-0.05, 0) is 0 Å². The normalized spacial score (nSPS) is 15.8. The van der Waals surface area contributed by atoms with Crippen molar-refractivity contribution in [1.29, 1.82) is 0 Å². The van der Waals surface area contributed by atoms with Crippen molar-refractivity contribution in [2.24, 2.45) is 0 Å². The molecule has 0 unspecified atom stereocenters. The highest BCUT2D eigenvalue weighted by Gasteiger charge is 2.21. The van der Waals surface area contributed by atoms with Crippen molar-refractivity contribution < 1.29 is 19.1 Å². The molecule has 1 aliphatic rings. The molecule has 1 aliphatic heterocycles. The molecule has 2 N–H and O–H groups in total. The number of hydrogen-bond acceptors (Lipinski definition) is 6. The Balaban J connectivity index is 2.14. The number of carbonyl (C=O) groups excluding carboxylic acids is 2. The van der Waals surface area contributed by atoms with E-state index in [-0.39, 0.29) is 11.8 Å². The van der Waals surface area contributed by atoms with Crippen LogP contribution in [0.1, 0.15) is 0 Å². The van der Waals surface area contributed by atoms with Crippen LogP contribution in [-0.4, -0.2) is 101 Å². The molecule has 0 saturated carbocycles. The third-order valence-corrected chi connectivity index (χ3v) is 3.48. The molecular formula is C14H28N4O4. The number of piperazine rings is 1. The molecule has 0 aliphatic carbocycles. The molecule has 0 aromatic carbocycles. The number of ether oxygens (including phenoxy) is 2. The predicted molar refractivity (Wildman–Crippen MR) is 82.7 cm³/mol. The van der Waals surface area contributed by atoms with Gasteiger partial charge in [-0.15, -0.1) is 0 Å². The van der Waals surface area contributed by atoms with Crippen molar-refractivity contribution in [1.82, 2.24) is 20.4 Å². The SMILES string of the molecule is COCCNCC(=O)N1CCN(CC(=O)NCCOC)CC1. The Morgan fingerprint density at radius 3 is 2.27 bits per heavy atom. The highest BCUT2D eigenvalue weighted by Crippen LogP contribution is 2.01. The van der Waals surface area contributed by atoms with Crippen LogP contribution in [0.3, 0.4) is 0 Å². The minimum atomic E-state index is -0.00180. The molecule has 0 aromatic rings. The summed E-state index contributed by atoms with van der Waals surface area (Å²) in [5, 5.41) is 5.85. The fraction of sp³-hybridized carbons (Fsp3) is 0.857. The van der Waals surface area contributed by atoms with E-state index in [1.165, 1.54) is 0 Å². The van der Waals surface area contributed by atoms with E-state index in [2.05, 4.69) is 15.5 Å². The van der Waals surface area contributed by atoms with Crippen molar-refractivity contribution >= 4 is 11.8 Å². The average Bonchev–Trinajstić information content (AvgIpc) is 2.52. The van der Waals surface area contributed by atoms with Crippen molar-refractivity contribution in [3.63, 3.8) is 0 Å². The first-order chi connectivity index (χ1) is 10.7. The summed E-state index contributed by atoms with van der Waals surface area (Å²) in [7, 11) is 3.24. The summed E-state index contributed by atoms with van der Waals surface area (Å²) in [5.41, 5.74) is 0. The van der Waals surface area contributed by atoms with Crippen LogP contribution >= 0.6 is 0 Å². The van der Waals surface area contributed by atoms with Crippen LogP contribution in [0.15, 0.2) is 0 Å². The maximum atomic E-state index is 12.0. The second kappa shape index (κ2) is 11.4. The molecule has 8 nitrogen and oxygen atoms in total. The molecule has 128 valence electrons. The Labute approximate surface area is 132 Å². The van der Waals surface area contributed by atoms with E-state index < -0.39 is 0 Å². The number of rotatable bonds is 10. The molecule has 0 atom stereocenters. The molecule has 0 spiro atoms. The van der Waals surface area contributed by atoms with Crippen molar-refractivity contribution in [2.75, 3.05) is 79.8 Å². The Hall–Kier alpha value is -1.22. The quantitative estimate of drug-likeness (QED) is 0.460. The number of hydrogen-bond donors (Lipinski definition) is 2. The number of amides is 2. The molecule has 0 radical (unpaired) electrons. The highest BCUT2D eigenvalue weighted by molar-refractivity contribution is 5.79. The second-order valence-electron chi connectivity index (χ2n) is 5.17. The lowest BCUT2D eigenvalue weighted by atomic mass is 10.3. The molecule has 0 bridgehead atoms. The van der Waals surface area contributed by atoms with E-state index in [9.17, 15) is 9.59 Å². The number of carbonyl (C=O) groups is 2. The Morgan fingerprint density at radius 2 is 1.64 bits per heavy atom. The van der Waals surface area contributed by atoms with Crippen molar-refractivity contribution in [3.05, 3.63) is 0 Å². The lowest BCUT2D eigenvalue weighted by Gasteiger charge is -2.34. The van der Waals surface area contributed by atoms with Gasteiger partial charge in [0.2, 0.25) is 11.8 Å². The minimum absolute atomic E-state index is 0.00180. The van der Waals surface area contributed by atoms with Crippen LogP contribution < -0.4 is 10.6 Å². The maximum absolute atomic E-state index is 12.0. The molecule has 1 heterocycles. The fourth-order valence-electron chi connectivity index (χ4n) is 2.19. The second-order valence-corrected chi connectivity index (χ2v) is 5.17. The topological polar surface area (TPSA) is 83.1 Å². The first kappa shape index (κ1) is 18.8. The lowest BCUT2D eigenvalue weighted by Crippen LogP contribution is -2.52.